The van der Waals surface area contributed by atoms with Crippen LogP contribution in [-0.2, 0) is 47.7 Å². The van der Waals surface area contributed by atoms with Crippen molar-refractivity contribution in [2.75, 3.05) is 6.61 Å². The third kappa shape index (κ3) is 13.7. The Balaban J connectivity index is 0.000000175. The molecule has 8 aliphatic carbocycles. The van der Waals surface area contributed by atoms with Crippen molar-refractivity contribution in [3.63, 3.8) is 0 Å². The van der Waals surface area contributed by atoms with E-state index in [1.54, 1.807) is 38.1 Å². The van der Waals surface area contributed by atoms with Crippen LogP contribution in [0.25, 0.3) is 0 Å². The number of rotatable bonds is 13. The number of carbonyl (C=O) groups is 6. The highest BCUT2D eigenvalue weighted by Crippen LogP contribution is 2.61. The molecule has 9 fully saturated rings. The zero-order chi connectivity index (χ0) is 52.3. The average molecular weight is 981 g/mol. The van der Waals surface area contributed by atoms with Gasteiger partial charge in [-0.05, 0) is 212 Å². The summed E-state index contributed by atoms with van der Waals surface area (Å²) >= 11 is 0. The van der Waals surface area contributed by atoms with E-state index >= 15 is 0 Å². The Morgan fingerprint density at radius 2 is 1.01 bits per heavy atom. The molecular formula is C57H88O13. The van der Waals surface area contributed by atoms with Crippen molar-refractivity contribution in [1.29, 1.82) is 0 Å². The van der Waals surface area contributed by atoms with E-state index in [2.05, 4.69) is 13.8 Å². The summed E-state index contributed by atoms with van der Waals surface area (Å²) in [7, 11) is 0. The third-order valence-corrected chi connectivity index (χ3v) is 17.5. The predicted octanol–water partition coefficient (Wildman–Crippen LogP) is 11.5. The van der Waals surface area contributed by atoms with E-state index in [9.17, 15) is 33.9 Å². The van der Waals surface area contributed by atoms with Crippen LogP contribution in [0.3, 0.4) is 0 Å². The van der Waals surface area contributed by atoms with Crippen molar-refractivity contribution >= 4 is 35.8 Å². The molecule has 394 valence electrons. The molecule has 1 aromatic carbocycles. The van der Waals surface area contributed by atoms with Crippen molar-refractivity contribution in [1.82, 2.24) is 0 Å². The van der Waals surface area contributed by atoms with Crippen LogP contribution in [-0.4, -0.2) is 70.4 Å². The van der Waals surface area contributed by atoms with Crippen LogP contribution in [0.4, 0.5) is 0 Å². The molecule has 1 N–H and O–H groups in total. The summed E-state index contributed by atoms with van der Waals surface area (Å²) in [4.78, 5) is 70.0. The highest BCUT2D eigenvalue weighted by Gasteiger charge is 2.60. The molecule has 0 aromatic heterocycles. The Morgan fingerprint density at radius 1 is 0.600 bits per heavy atom. The molecule has 70 heavy (non-hydrogen) atoms. The zero-order valence-corrected chi connectivity index (χ0v) is 45.2. The second-order valence-electron chi connectivity index (χ2n) is 24.9. The lowest BCUT2D eigenvalue weighted by Gasteiger charge is -2.59. The van der Waals surface area contributed by atoms with Crippen molar-refractivity contribution in [3.05, 3.63) is 24.3 Å². The Morgan fingerprint density at radius 3 is 1.43 bits per heavy atom. The lowest BCUT2D eigenvalue weighted by molar-refractivity contribution is -0.225. The summed E-state index contributed by atoms with van der Waals surface area (Å²) in [6, 6.07) is 6.37. The van der Waals surface area contributed by atoms with Crippen LogP contribution in [0.15, 0.2) is 24.3 Å². The second-order valence-corrected chi connectivity index (χ2v) is 24.9. The van der Waals surface area contributed by atoms with Gasteiger partial charge in [0.25, 0.3) is 0 Å². The normalized spacial score (nSPS) is 31.3. The molecule has 3 unspecified atom stereocenters. The minimum Gasteiger partial charge on any atom is -0.463 e. The van der Waals surface area contributed by atoms with Gasteiger partial charge in [0.2, 0.25) is 6.10 Å². The number of carbonyl (C=O) groups excluding carboxylic acids is 6. The predicted molar refractivity (Wildman–Crippen MR) is 265 cm³/mol. The quantitative estimate of drug-likeness (QED) is 0.112. The first-order valence-electron chi connectivity index (χ1n) is 26.5. The van der Waals surface area contributed by atoms with Crippen LogP contribution in [0.5, 0.6) is 11.5 Å². The SMILES string of the molecule is CCC(C)(C)C(=O)OC1(C)C2CC3CC(C2)CC1C3.CCC(C)(C)C(=O)OC12CC3CC(CC(O)(C3)C1)C2.CCC(C)(C)C(=O)OC1CCOC1=O.CCC(C)(C)C(=O)Oc1ccc(OC(C)=O)cc1. The summed E-state index contributed by atoms with van der Waals surface area (Å²) < 4.78 is 32.0. The van der Waals surface area contributed by atoms with Crippen LogP contribution in [0.1, 0.15) is 200 Å². The van der Waals surface area contributed by atoms with Gasteiger partial charge in [-0.25, -0.2) is 4.79 Å². The summed E-state index contributed by atoms with van der Waals surface area (Å²) in [5.41, 5.74) is -2.86. The molecular weight excluding hydrogens is 893 g/mol. The van der Waals surface area contributed by atoms with E-state index in [0.717, 1.165) is 50.4 Å². The first kappa shape index (κ1) is 56.9. The fourth-order valence-electron chi connectivity index (χ4n) is 11.6. The smallest absolute Gasteiger partial charge is 0.347 e. The maximum atomic E-state index is 12.5. The first-order chi connectivity index (χ1) is 32.4. The van der Waals surface area contributed by atoms with Crippen molar-refractivity contribution in [2.24, 2.45) is 57.2 Å². The number of benzene rings is 1. The van der Waals surface area contributed by atoms with Gasteiger partial charge in [0.1, 0.15) is 22.7 Å². The van der Waals surface area contributed by atoms with Gasteiger partial charge in [0.15, 0.2) is 0 Å². The van der Waals surface area contributed by atoms with E-state index in [-0.39, 0.29) is 46.5 Å². The lowest BCUT2D eigenvalue weighted by atomic mass is 9.50. The second kappa shape index (κ2) is 22.0. The van der Waals surface area contributed by atoms with Gasteiger partial charge >= 0.3 is 35.8 Å². The molecule has 13 heteroatoms. The molecule has 8 saturated carbocycles. The number of ether oxygens (including phenoxy) is 6. The molecule has 8 bridgehead atoms. The van der Waals surface area contributed by atoms with Crippen molar-refractivity contribution < 1.29 is 62.3 Å². The molecule has 1 aliphatic heterocycles. The lowest BCUT2D eigenvalue weighted by Crippen LogP contribution is -2.61. The molecule has 1 heterocycles. The summed E-state index contributed by atoms with van der Waals surface area (Å²) in [6.45, 7) is 27.0. The van der Waals surface area contributed by atoms with Gasteiger partial charge < -0.3 is 33.5 Å². The standard InChI is InChI=1S/C17H28O2.C16H26O3.C14H18O4.C10H16O4/c1-5-16(2,3)15(18)19-17(4)13-7-11-6-12(9-13)10-14(17)8-11;1-4-14(2,3)13(17)19-16-8-11-5-12(9-16)7-15(18,6-11)10-16;1-5-14(3,4)13(16)18-12-8-6-11(7-9-12)17-10(2)15;1-4-10(2,3)9(12)14-7-5-6-13-8(7)11/h11-14H,5-10H2,1-4H3;11-12,18H,4-10H2,1-3H3;6-9H,5H2,1-4H3;7H,4-6H2,1-3H3. The number of hydrogen-bond acceptors (Lipinski definition) is 13. The van der Waals surface area contributed by atoms with Crippen LogP contribution >= 0.6 is 0 Å². The number of aliphatic hydroxyl groups is 1. The third-order valence-electron chi connectivity index (χ3n) is 17.5. The number of hydrogen-bond donors (Lipinski definition) is 1. The molecule has 1 aromatic rings. The van der Waals surface area contributed by atoms with Gasteiger partial charge in [-0.1, -0.05) is 27.7 Å². The first-order valence-corrected chi connectivity index (χ1v) is 26.5. The molecule has 0 spiro atoms. The molecule has 0 amide bonds. The molecule has 3 atom stereocenters. The van der Waals surface area contributed by atoms with E-state index in [0.29, 0.717) is 67.5 Å². The summed E-state index contributed by atoms with van der Waals surface area (Å²) in [5, 5.41) is 10.6. The Kier molecular flexibility index (Phi) is 17.9. The molecule has 10 rings (SSSR count). The minimum atomic E-state index is -0.687. The van der Waals surface area contributed by atoms with E-state index in [1.165, 1.54) is 45.4 Å². The van der Waals surface area contributed by atoms with Gasteiger partial charge in [-0.3, -0.25) is 24.0 Å². The average Bonchev–Trinajstić information content (AvgIpc) is 3.68. The van der Waals surface area contributed by atoms with E-state index in [1.807, 2.05) is 62.3 Å². The van der Waals surface area contributed by atoms with E-state index in [4.69, 9.17) is 28.4 Å². The maximum Gasteiger partial charge on any atom is 0.347 e. The monoisotopic (exact) mass is 981 g/mol. The molecule has 1 saturated heterocycles. The highest BCUT2D eigenvalue weighted by molar-refractivity contribution is 5.83. The van der Waals surface area contributed by atoms with Gasteiger partial charge in [-0.2, -0.15) is 0 Å². The largest absolute Gasteiger partial charge is 0.463 e. The van der Waals surface area contributed by atoms with Gasteiger partial charge in [0.05, 0.1) is 33.9 Å². The zero-order valence-electron chi connectivity index (χ0n) is 45.2. The Labute approximate surface area is 418 Å². The minimum absolute atomic E-state index is 0.0185. The topological polar surface area (TPSA) is 178 Å². The molecule has 0 radical (unpaired) electrons. The summed E-state index contributed by atoms with van der Waals surface area (Å²) in [5.74, 6) is 3.61. The molecule has 13 nitrogen and oxygen atoms in total. The highest BCUT2D eigenvalue weighted by atomic mass is 16.6. The fourth-order valence-corrected chi connectivity index (χ4v) is 11.6. The van der Waals surface area contributed by atoms with Crippen molar-refractivity contribution in [2.45, 2.75) is 223 Å². The Hall–Kier alpha value is -4.00. The molecule has 9 aliphatic rings. The fraction of sp³-hybridized carbons (Fsp3) is 0.789. The maximum absolute atomic E-state index is 12.5. The van der Waals surface area contributed by atoms with Crippen LogP contribution in [0, 0.1) is 57.2 Å². The number of cyclic esters (lactones) is 1. The van der Waals surface area contributed by atoms with Crippen molar-refractivity contribution in [3.8, 4) is 11.5 Å². The number of esters is 6. The Bertz CT molecular complexity index is 1990. The van der Waals surface area contributed by atoms with Crippen LogP contribution in [0.2, 0.25) is 0 Å². The van der Waals surface area contributed by atoms with Crippen LogP contribution < -0.4 is 9.47 Å². The van der Waals surface area contributed by atoms with Gasteiger partial charge in [-0.15, -0.1) is 0 Å². The van der Waals surface area contributed by atoms with E-state index < -0.39 is 33.9 Å². The summed E-state index contributed by atoms with van der Waals surface area (Å²) in [6.07, 6.45) is 15.1. The van der Waals surface area contributed by atoms with Gasteiger partial charge in [0, 0.05) is 19.8 Å².